The van der Waals surface area contributed by atoms with Crippen molar-refractivity contribution in [3.63, 3.8) is 0 Å². The maximum absolute atomic E-state index is 12.5. The predicted octanol–water partition coefficient (Wildman–Crippen LogP) is 20.8. The zero-order valence-corrected chi connectivity index (χ0v) is 48.9. The predicted molar refractivity (Wildman–Crippen MR) is 315 cm³/mol. The summed E-state index contributed by atoms with van der Waals surface area (Å²) in [6.45, 7) is 4.98. The minimum absolute atomic E-state index is 0.0148. The van der Waals surface area contributed by atoms with Crippen LogP contribution in [0.5, 0.6) is 0 Å². The van der Waals surface area contributed by atoms with Gasteiger partial charge in [0.05, 0.1) is 25.4 Å². The summed E-state index contributed by atoms with van der Waals surface area (Å²) in [5.41, 5.74) is 0. The lowest BCUT2D eigenvalue weighted by atomic mass is 10.0. The van der Waals surface area contributed by atoms with Gasteiger partial charge in [-0.25, -0.2) is 0 Å². The Kier molecular flexibility index (Phi) is 60.9. The average Bonchev–Trinajstić information content (AvgIpc) is 3.38. The van der Waals surface area contributed by atoms with Gasteiger partial charge in [-0.3, -0.25) is 9.59 Å². The number of allylic oxidation sites excluding steroid dienone is 2. The second-order valence-electron chi connectivity index (χ2n) is 22.8. The smallest absolute Gasteiger partial charge is 0.305 e. The molecule has 0 rings (SSSR count). The number of aliphatic hydroxyl groups excluding tert-OH is 2. The number of aliphatic hydroxyl groups is 2. The Hall–Kier alpha value is -1.40. The molecule has 0 spiro atoms. The van der Waals surface area contributed by atoms with Crippen molar-refractivity contribution in [3.8, 4) is 0 Å². The molecule has 0 fully saturated rings. The van der Waals surface area contributed by atoms with Crippen LogP contribution in [0.25, 0.3) is 0 Å². The Balaban J connectivity index is 3.39. The van der Waals surface area contributed by atoms with Gasteiger partial charge in [0.1, 0.15) is 0 Å². The molecular formula is C66H129NO5. The Bertz CT molecular complexity index is 1080. The van der Waals surface area contributed by atoms with E-state index in [1.165, 1.54) is 302 Å². The van der Waals surface area contributed by atoms with Gasteiger partial charge in [-0.1, -0.05) is 321 Å². The van der Waals surface area contributed by atoms with Crippen LogP contribution in [0.3, 0.4) is 0 Å². The highest BCUT2D eigenvalue weighted by molar-refractivity contribution is 5.76. The third kappa shape index (κ3) is 57.9. The van der Waals surface area contributed by atoms with Gasteiger partial charge in [0, 0.05) is 12.8 Å². The van der Waals surface area contributed by atoms with Crippen molar-refractivity contribution in [2.75, 3.05) is 13.2 Å². The van der Waals surface area contributed by atoms with E-state index in [-0.39, 0.29) is 18.5 Å². The molecule has 0 aromatic carbocycles. The summed E-state index contributed by atoms with van der Waals surface area (Å²) in [5, 5.41) is 23.4. The first-order valence-electron chi connectivity index (χ1n) is 32.9. The molecule has 0 radical (unpaired) electrons. The van der Waals surface area contributed by atoms with Gasteiger partial charge in [-0.2, -0.15) is 0 Å². The van der Waals surface area contributed by atoms with E-state index in [0.717, 1.165) is 38.5 Å². The fraction of sp³-hybridized carbons (Fsp3) is 0.939. The van der Waals surface area contributed by atoms with Crippen molar-refractivity contribution in [3.05, 3.63) is 12.2 Å². The molecule has 6 nitrogen and oxygen atoms in total. The number of hydrogen-bond acceptors (Lipinski definition) is 5. The third-order valence-corrected chi connectivity index (χ3v) is 15.6. The molecule has 2 unspecified atom stereocenters. The zero-order valence-electron chi connectivity index (χ0n) is 48.9. The van der Waals surface area contributed by atoms with Crippen molar-refractivity contribution >= 4 is 11.9 Å². The molecule has 3 N–H and O–H groups in total. The second-order valence-corrected chi connectivity index (χ2v) is 22.8. The molecule has 0 aliphatic carbocycles. The second kappa shape index (κ2) is 62.1. The van der Waals surface area contributed by atoms with Gasteiger partial charge in [0.2, 0.25) is 5.91 Å². The standard InChI is InChI=1S/C66H129NO5/c1-3-5-7-9-11-13-15-16-17-18-29-32-35-39-42-46-50-54-58-64(69)63(62-68)67-65(70)59-55-51-47-43-40-36-33-30-27-25-23-21-19-20-22-24-26-28-31-34-37-41-45-49-53-57-61-72-66(71)60-56-52-48-44-38-14-12-10-8-6-4-2/h19,21,63-64,68-69H,3-18,20,22-62H2,1-2H3,(H,67,70)/b21-19-. The molecular weight excluding hydrogens is 887 g/mol. The van der Waals surface area contributed by atoms with E-state index < -0.39 is 12.1 Å². The largest absolute Gasteiger partial charge is 0.466 e. The van der Waals surface area contributed by atoms with Crippen LogP contribution in [0.2, 0.25) is 0 Å². The summed E-state index contributed by atoms with van der Waals surface area (Å²) < 4.78 is 5.47. The van der Waals surface area contributed by atoms with E-state index in [2.05, 4.69) is 31.3 Å². The van der Waals surface area contributed by atoms with Crippen LogP contribution in [0, 0.1) is 0 Å². The molecule has 1 amide bonds. The molecule has 2 atom stereocenters. The average molecular weight is 1020 g/mol. The molecule has 0 saturated carbocycles. The van der Waals surface area contributed by atoms with Crippen LogP contribution in [0.1, 0.15) is 373 Å². The fourth-order valence-corrected chi connectivity index (χ4v) is 10.5. The van der Waals surface area contributed by atoms with Crippen LogP contribution in [-0.2, 0) is 14.3 Å². The maximum Gasteiger partial charge on any atom is 0.305 e. The number of amides is 1. The van der Waals surface area contributed by atoms with Gasteiger partial charge < -0.3 is 20.3 Å². The van der Waals surface area contributed by atoms with E-state index in [4.69, 9.17) is 4.74 Å². The molecule has 6 heteroatoms. The van der Waals surface area contributed by atoms with Crippen LogP contribution in [0.4, 0.5) is 0 Å². The monoisotopic (exact) mass is 1020 g/mol. The maximum atomic E-state index is 12.5. The van der Waals surface area contributed by atoms with Crippen LogP contribution in [0.15, 0.2) is 12.2 Å². The van der Waals surface area contributed by atoms with Crippen LogP contribution < -0.4 is 5.32 Å². The molecule has 428 valence electrons. The first-order chi connectivity index (χ1) is 35.5. The fourth-order valence-electron chi connectivity index (χ4n) is 10.5. The SMILES string of the molecule is CCCCCCCCCCCCCCCCCCCCC(O)C(CO)NC(=O)CCCCCCCCCCCC/C=C\CCCCCCCCCCCCCCOC(=O)CCCCCCCCCCCCC. The molecule has 0 heterocycles. The Morgan fingerprint density at radius 1 is 0.375 bits per heavy atom. The highest BCUT2D eigenvalue weighted by Gasteiger charge is 2.20. The number of rotatable bonds is 62. The summed E-state index contributed by atoms with van der Waals surface area (Å²) in [5.74, 6) is -0.0183. The van der Waals surface area contributed by atoms with E-state index in [9.17, 15) is 19.8 Å². The summed E-state index contributed by atoms with van der Waals surface area (Å²) in [6.07, 6.45) is 75.2. The van der Waals surface area contributed by atoms with Crippen LogP contribution in [-0.4, -0.2) is 47.4 Å². The normalized spacial score (nSPS) is 12.6. The van der Waals surface area contributed by atoms with Crippen LogP contribution >= 0.6 is 0 Å². The van der Waals surface area contributed by atoms with Crippen molar-refractivity contribution < 1.29 is 24.5 Å². The molecule has 0 bridgehead atoms. The highest BCUT2D eigenvalue weighted by atomic mass is 16.5. The Morgan fingerprint density at radius 2 is 0.653 bits per heavy atom. The van der Waals surface area contributed by atoms with E-state index >= 15 is 0 Å². The number of nitrogens with one attached hydrogen (secondary N) is 1. The third-order valence-electron chi connectivity index (χ3n) is 15.6. The molecule has 0 aromatic rings. The van der Waals surface area contributed by atoms with E-state index in [1.807, 2.05) is 0 Å². The molecule has 0 saturated heterocycles. The van der Waals surface area contributed by atoms with Crippen molar-refractivity contribution in [2.24, 2.45) is 0 Å². The summed E-state index contributed by atoms with van der Waals surface area (Å²) in [6, 6.07) is -0.542. The molecule has 0 aromatic heterocycles. The van der Waals surface area contributed by atoms with Crippen molar-refractivity contribution in [1.82, 2.24) is 5.32 Å². The summed E-state index contributed by atoms with van der Waals surface area (Å²) >= 11 is 0. The highest BCUT2D eigenvalue weighted by Crippen LogP contribution is 2.18. The lowest BCUT2D eigenvalue weighted by molar-refractivity contribution is -0.143. The summed E-state index contributed by atoms with van der Waals surface area (Å²) in [7, 11) is 0. The number of ether oxygens (including phenoxy) is 1. The Labute approximate surface area is 450 Å². The number of unbranched alkanes of at least 4 members (excludes halogenated alkanes) is 49. The minimum Gasteiger partial charge on any atom is -0.466 e. The quantitative estimate of drug-likeness (QED) is 0.0320. The lowest BCUT2D eigenvalue weighted by Crippen LogP contribution is -2.45. The van der Waals surface area contributed by atoms with Crippen molar-refractivity contribution in [2.45, 2.75) is 386 Å². The van der Waals surface area contributed by atoms with Gasteiger partial charge in [-0.15, -0.1) is 0 Å². The molecule has 0 aliphatic heterocycles. The molecule has 72 heavy (non-hydrogen) atoms. The van der Waals surface area contributed by atoms with E-state index in [0.29, 0.717) is 25.9 Å². The lowest BCUT2D eigenvalue weighted by Gasteiger charge is -2.22. The van der Waals surface area contributed by atoms with E-state index in [1.54, 1.807) is 0 Å². The Morgan fingerprint density at radius 3 is 0.986 bits per heavy atom. The van der Waals surface area contributed by atoms with Gasteiger partial charge in [0.15, 0.2) is 0 Å². The topological polar surface area (TPSA) is 95.9 Å². The zero-order chi connectivity index (χ0) is 52.2. The van der Waals surface area contributed by atoms with Gasteiger partial charge >= 0.3 is 5.97 Å². The minimum atomic E-state index is -0.665. The molecule has 0 aliphatic rings. The first kappa shape index (κ1) is 70.6. The number of carbonyl (C=O) groups excluding carboxylic acids is 2. The summed E-state index contributed by atoms with van der Waals surface area (Å²) in [4.78, 5) is 24.5. The first-order valence-corrected chi connectivity index (χ1v) is 32.9. The number of carbonyl (C=O) groups is 2. The van der Waals surface area contributed by atoms with Gasteiger partial charge in [-0.05, 0) is 51.4 Å². The van der Waals surface area contributed by atoms with Gasteiger partial charge in [0.25, 0.3) is 0 Å². The van der Waals surface area contributed by atoms with Crippen molar-refractivity contribution in [1.29, 1.82) is 0 Å². The number of hydrogen-bond donors (Lipinski definition) is 3. The number of esters is 1.